The molecule has 9 nitrogen and oxygen atoms in total. The highest BCUT2D eigenvalue weighted by Crippen LogP contribution is 2.28. The molecule has 3 amide bonds. The van der Waals surface area contributed by atoms with E-state index < -0.39 is 10.0 Å². The first-order valence-electron chi connectivity index (χ1n) is 13.8. The molecular formula is C29H38N4O5S. The van der Waals surface area contributed by atoms with Crippen LogP contribution in [0, 0.1) is 5.92 Å². The first kappa shape index (κ1) is 28.8. The minimum absolute atomic E-state index is 0.0119. The molecule has 2 saturated heterocycles. The molecule has 4 rings (SSSR count). The summed E-state index contributed by atoms with van der Waals surface area (Å²) < 4.78 is 27.9. The van der Waals surface area contributed by atoms with Crippen LogP contribution in [0.4, 0.5) is 11.4 Å². The molecule has 2 atom stereocenters. The molecule has 2 heterocycles. The lowest BCUT2D eigenvalue weighted by Crippen LogP contribution is -2.43. The SMILES string of the molecule is CCCCN1CC(C(=O)Nc2ccc(C(=O)Nc3ccc(S(=O)(=O)N4CCCCC4CC)cc3)cc2)CC1=O. The highest BCUT2D eigenvalue weighted by molar-refractivity contribution is 7.89. The largest absolute Gasteiger partial charge is 0.342 e. The Morgan fingerprint density at radius 3 is 2.28 bits per heavy atom. The predicted octanol–water partition coefficient (Wildman–Crippen LogP) is 4.48. The average Bonchev–Trinajstić information content (AvgIpc) is 3.32. The Labute approximate surface area is 231 Å². The van der Waals surface area contributed by atoms with Crippen LogP contribution < -0.4 is 10.6 Å². The second-order valence-electron chi connectivity index (χ2n) is 10.3. The summed E-state index contributed by atoms with van der Waals surface area (Å²) in [6, 6.07) is 12.8. The number of piperidine rings is 1. The van der Waals surface area contributed by atoms with Gasteiger partial charge < -0.3 is 15.5 Å². The van der Waals surface area contributed by atoms with Crippen molar-refractivity contribution in [2.45, 2.75) is 69.7 Å². The van der Waals surface area contributed by atoms with Crippen molar-refractivity contribution in [2.75, 3.05) is 30.3 Å². The fourth-order valence-corrected chi connectivity index (χ4v) is 6.98. The van der Waals surface area contributed by atoms with Gasteiger partial charge in [0, 0.05) is 49.0 Å². The van der Waals surface area contributed by atoms with Crippen LogP contribution in [0.1, 0.15) is 69.2 Å². The fraction of sp³-hybridized carbons (Fsp3) is 0.483. The summed E-state index contributed by atoms with van der Waals surface area (Å²) in [5.74, 6) is -0.923. The van der Waals surface area contributed by atoms with Crippen LogP contribution in [0.3, 0.4) is 0 Å². The standard InChI is InChI=1S/C29H38N4O5S/c1-3-5-17-32-20-22(19-27(32)34)29(36)31-23-11-9-21(10-12-23)28(35)30-24-13-15-26(16-14-24)39(37,38)33-18-7-6-8-25(33)4-2/h9-16,22,25H,3-8,17-20H2,1-2H3,(H,30,35)(H,31,36). The lowest BCUT2D eigenvalue weighted by molar-refractivity contribution is -0.128. The van der Waals surface area contributed by atoms with Crippen LogP contribution in [0.2, 0.25) is 0 Å². The van der Waals surface area contributed by atoms with Crippen LogP contribution in [-0.2, 0) is 19.6 Å². The number of unbranched alkanes of at least 4 members (excludes halogenated alkanes) is 1. The van der Waals surface area contributed by atoms with Crippen LogP contribution in [0.5, 0.6) is 0 Å². The van der Waals surface area contributed by atoms with Crippen LogP contribution >= 0.6 is 0 Å². The number of anilines is 2. The van der Waals surface area contributed by atoms with Crippen molar-refractivity contribution in [1.82, 2.24) is 9.21 Å². The maximum Gasteiger partial charge on any atom is 0.255 e. The molecule has 39 heavy (non-hydrogen) atoms. The molecule has 210 valence electrons. The number of sulfonamides is 1. The monoisotopic (exact) mass is 554 g/mol. The first-order valence-corrected chi connectivity index (χ1v) is 15.3. The van der Waals surface area contributed by atoms with Gasteiger partial charge in [-0.3, -0.25) is 14.4 Å². The smallest absolute Gasteiger partial charge is 0.255 e. The van der Waals surface area contributed by atoms with Crippen molar-refractivity contribution in [3.05, 3.63) is 54.1 Å². The third-order valence-corrected chi connectivity index (χ3v) is 9.51. The molecule has 2 aliphatic heterocycles. The number of carbonyl (C=O) groups is 3. The van der Waals surface area contributed by atoms with E-state index in [1.165, 1.54) is 12.1 Å². The van der Waals surface area contributed by atoms with Crippen molar-refractivity contribution < 1.29 is 22.8 Å². The summed E-state index contributed by atoms with van der Waals surface area (Å²) in [4.78, 5) is 39.5. The second kappa shape index (κ2) is 12.7. The second-order valence-corrected chi connectivity index (χ2v) is 12.2. The molecule has 2 N–H and O–H groups in total. The normalized spacial score (nSPS) is 20.2. The van der Waals surface area contributed by atoms with Gasteiger partial charge in [0.25, 0.3) is 5.91 Å². The van der Waals surface area contributed by atoms with Gasteiger partial charge >= 0.3 is 0 Å². The molecule has 0 spiro atoms. The number of carbonyl (C=O) groups excluding carboxylic acids is 3. The van der Waals surface area contributed by atoms with Crippen molar-refractivity contribution in [3.8, 4) is 0 Å². The Bertz CT molecular complexity index is 1280. The lowest BCUT2D eigenvalue weighted by Gasteiger charge is -2.34. The lowest BCUT2D eigenvalue weighted by atomic mass is 10.0. The summed E-state index contributed by atoms with van der Waals surface area (Å²) in [5.41, 5.74) is 1.43. The van der Waals surface area contributed by atoms with Gasteiger partial charge in [-0.2, -0.15) is 4.31 Å². The molecular weight excluding hydrogens is 516 g/mol. The van der Waals surface area contributed by atoms with E-state index in [1.54, 1.807) is 45.6 Å². The van der Waals surface area contributed by atoms with E-state index >= 15 is 0 Å². The molecule has 0 bridgehead atoms. The van der Waals surface area contributed by atoms with Crippen molar-refractivity contribution in [1.29, 1.82) is 0 Å². The highest BCUT2D eigenvalue weighted by Gasteiger charge is 2.34. The molecule has 2 aromatic rings. The van der Waals surface area contributed by atoms with Crippen LogP contribution in [0.25, 0.3) is 0 Å². The number of likely N-dealkylation sites (tertiary alicyclic amines) is 1. The van der Waals surface area contributed by atoms with E-state index in [-0.39, 0.29) is 41.0 Å². The summed E-state index contributed by atoms with van der Waals surface area (Å²) in [6.45, 7) is 5.72. The zero-order chi connectivity index (χ0) is 28.0. The minimum atomic E-state index is -3.59. The van der Waals surface area contributed by atoms with Crippen LogP contribution in [-0.4, -0.2) is 61.0 Å². The molecule has 10 heteroatoms. The molecule has 2 fully saturated rings. The number of nitrogens with zero attached hydrogens (tertiary/aromatic N) is 2. The van der Waals surface area contributed by atoms with Gasteiger partial charge in [0.1, 0.15) is 0 Å². The zero-order valence-corrected chi connectivity index (χ0v) is 23.5. The Morgan fingerprint density at radius 1 is 0.949 bits per heavy atom. The summed E-state index contributed by atoms with van der Waals surface area (Å²) in [6.07, 6.45) is 5.70. The van der Waals surface area contributed by atoms with Gasteiger partial charge in [-0.25, -0.2) is 8.42 Å². The maximum absolute atomic E-state index is 13.2. The molecule has 2 unspecified atom stereocenters. The number of hydrogen-bond acceptors (Lipinski definition) is 5. The predicted molar refractivity (Wildman–Crippen MR) is 151 cm³/mol. The van der Waals surface area contributed by atoms with E-state index in [9.17, 15) is 22.8 Å². The Morgan fingerprint density at radius 2 is 1.62 bits per heavy atom. The Kier molecular flexibility index (Phi) is 9.40. The third kappa shape index (κ3) is 6.86. The minimum Gasteiger partial charge on any atom is -0.342 e. The van der Waals surface area contributed by atoms with Crippen molar-refractivity contribution >= 4 is 39.1 Å². The average molecular weight is 555 g/mol. The third-order valence-electron chi connectivity index (χ3n) is 7.54. The van der Waals surface area contributed by atoms with Gasteiger partial charge in [0.2, 0.25) is 21.8 Å². The number of rotatable bonds is 10. The summed E-state index contributed by atoms with van der Waals surface area (Å²) >= 11 is 0. The van der Waals surface area contributed by atoms with Crippen LogP contribution in [0.15, 0.2) is 53.4 Å². The van der Waals surface area contributed by atoms with Gasteiger partial charge in [-0.05, 0) is 74.2 Å². The van der Waals surface area contributed by atoms with Gasteiger partial charge in [-0.1, -0.05) is 26.7 Å². The van der Waals surface area contributed by atoms with E-state index in [0.717, 1.165) is 38.5 Å². The molecule has 0 aliphatic carbocycles. The van der Waals surface area contributed by atoms with Gasteiger partial charge in [-0.15, -0.1) is 0 Å². The van der Waals surface area contributed by atoms with E-state index in [2.05, 4.69) is 17.6 Å². The van der Waals surface area contributed by atoms with Gasteiger partial charge in [0.05, 0.1) is 10.8 Å². The highest BCUT2D eigenvalue weighted by atomic mass is 32.2. The molecule has 2 aromatic carbocycles. The Balaban J connectivity index is 1.33. The molecule has 0 radical (unpaired) electrons. The Hall–Kier alpha value is -3.24. The maximum atomic E-state index is 13.2. The van der Waals surface area contributed by atoms with E-state index in [1.807, 2.05) is 6.92 Å². The van der Waals surface area contributed by atoms with Crippen molar-refractivity contribution in [3.63, 3.8) is 0 Å². The molecule has 0 saturated carbocycles. The van der Waals surface area contributed by atoms with Crippen molar-refractivity contribution in [2.24, 2.45) is 5.92 Å². The molecule has 2 aliphatic rings. The van der Waals surface area contributed by atoms with E-state index in [4.69, 9.17) is 0 Å². The summed E-state index contributed by atoms with van der Waals surface area (Å²) in [7, 11) is -3.59. The number of amides is 3. The first-order chi connectivity index (χ1) is 18.7. The number of benzene rings is 2. The molecule has 0 aromatic heterocycles. The summed E-state index contributed by atoms with van der Waals surface area (Å²) in [5, 5.41) is 5.63. The zero-order valence-electron chi connectivity index (χ0n) is 22.7. The van der Waals surface area contributed by atoms with Gasteiger partial charge in [0.15, 0.2) is 0 Å². The quantitative estimate of drug-likeness (QED) is 0.449. The number of hydrogen-bond donors (Lipinski definition) is 2. The topological polar surface area (TPSA) is 116 Å². The number of nitrogens with one attached hydrogen (secondary N) is 2. The fourth-order valence-electron chi connectivity index (χ4n) is 5.21. The van der Waals surface area contributed by atoms with E-state index in [0.29, 0.717) is 36.6 Å².